The first-order chi connectivity index (χ1) is 13.1. The van der Waals surface area contributed by atoms with Gasteiger partial charge in [-0.1, -0.05) is 19.1 Å². The van der Waals surface area contributed by atoms with Gasteiger partial charge >= 0.3 is 12.5 Å². The van der Waals surface area contributed by atoms with E-state index >= 15 is 0 Å². The number of benzene rings is 1. The molecule has 0 saturated carbocycles. The summed E-state index contributed by atoms with van der Waals surface area (Å²) in [5.41, 5.74) is -1.70. The maximum absolute atomic E-state index is 13.5. The van der Waals surface area contributed by atoms with Gasteiger partial charge in [-0.25, -0.2) is 8.42 Å². The minimum Gasteiger partial charge on any atom is -0.390 e. The number of sulfonamides is 1. The van der Waals surface area contributed by atoms with Crippen LogP contribution in [-0.4, -0.2) is 60.8 Å². The third kappa shape index (κ3) is 5.62. The Bertz CT molecular complexity index is 812. The molecule has 166 valence electrons. The topological polar surface area (TPSA) is 60.9 Å². The maximum atomic E-state index is 13.5. The van der Waals surface area contributed by atoms with Crippen molar-refractivity contribution >= 4 is 10.0 Å². The number of likely N-dealkylation sites (tertiary alicyclic amines) is 1. The Balaban J connectivity index is 2.33. The van der Waals surface area contributed by atoms with E-state index in [4.69, 9.17) is 0 Å². The molecule has 2 unspecified atom stereocenters. The third-order valence-electron chi connectivity index (χ3n) is 4.78. The van der Waals surface area contributed by atoms with Crippen molar-refractivity contribution in [3.05, 3.63) is 29.8 Å². The zero-order valence-electron chi connectivity index (χ0n) is 15.7. The van der Waals surface area contributed by atoms with Gasteiger partial charge in [0.25, 0.3) is 10.0 Å². The molecule has 2 rings (SSSR count). The van der Waals surface area contributed by atoms with Gasteiger partial charge < -0.3 is 5.11 Å². The molecule has 1 aromatic carbocycles. The fourth-order valence-corrected chi connectivity index (χ4v) is 5.13. The molecule has 1 fully saturated rings. The van der Waals surface area contributed by atoms with Gasteiger partial charge in [0.2, 0.25) is 0 Å². The van der Waals surface area contributed by atoms with E-state index in [2.05, 4.69) is 0 Å². The Kier molecular flexibility index (Phi) is 6.93. The largest absolute Gasteiger partial charge is 0.473 e. The lowest BCUT2D eigenvalue weighted by molar-refractivity contribution is -0.215. The Morgan fingerprint density at radius 1 is 1.17 bits per heavy atom. The average Bonchev–Trinajstić information content (AvgIpc) is 2.88. The molecule has 12 heteroatoms. The van der Waals surface area contributed by atoms with Crippen molar-refractivity contribution in [1.29, 1.82) is 0 Å². The highest BCUT2D eigenvalue weighted by Crippen LogP contribution is 2.37. The van der Waals surface area contributed by atoms with Crippen molar-refractivity contribution < 1.29 is 39.9 Å². The molecule has 1 heterocycles. The summed E-state index contributed by atoms with van der Waals surface area (Å²) in [6.45, 7) is 2.65. The Morgan fingerprint density at radius 3 is 2.24 bits per heavy atom. The molecule has 0 spiro atoms. The molecule has 1 aromatic rings. The summed E-state index contributed by atoms with van der Waals surface area (Å²) < 4.78 is 104. The van der Waals surface area contributed by atoms with E-state index in [-0.39, 0.29) is 18.5 Å². The van der Waals surface area contributed by atoms with Crippen LogP contribution in [0.25, 0.3) is 0 Å². The molecule has 3 atom stereocenters. The van der Waals surface area contributed by atoms with Crippen LogP contribution in [0, 0.1) is 5.92 Å². The summed E-state index contributed by atoms with van der Waals surface area (Å²) >= 11 is 0. The molecular weight excluding hydrogens is 426 g/mol. The average molecular weight is 448 g/mol. The Hall–Kier alpha value is -1.37. The van der Waals surface area contributed by atoms with E-state index in [9.17, 15) is 39.9 Å². The molecule has 29 heavy (non-hydrogen) atoms. The first-order valence-electron chi connectivity index (χ1n) is 8.82. The van der Waals surface area contributed by atoms with E-state index in [1.54, 1.807) is 4.90 Å². The fourth-order valence-electron chi connectivity index (χ4n) is 3.54. The van der Waals surface area contributed by atoms with Crippen molar-refractivity contribution in [3.63, 3.8) is 0 Å². The quantitative estimate of drug-likeness (QED) is 0.536. The smallest absolute Gasteiger partial charge is 0.390 e. The summed E-state index contributed by atoms with van der Waals surface area (Å²) in [4.78, 5) is 0.209. The molecule has 0 amide bonds. The normalized spacial score (nSPS) is 23.0. The summed E-state index contributed by atoms with van der Waals surface area (Å²) in [5.74, 6) is 0.262. The number of halogens is 6. The second-order valence-corrected chi connectivity index (χ2v) is 9.13. The maximum Gasteiger partial charge on any atom is 0.473 e. The zero-order valence-corrected chi connectivity index (χ0v) is 16.5. The zero-order chi connectivity index (χ0) is 22.2. The first-order valence-corrected chi connectivity index (χ1v) is 10.3. The second-order valence-electron chi connectivity index (χ2n) is 7.30. The van der Waals surface area contributed by atoms with E-state index in [0.29, 0.717) is 18.7 Å². The van der Waals surface area contributed by atoms with Crippen LogP contribution in [-0.2, 0) is 16.2 Å². The van der Waals surface area contributed by atoms with Crippen LogP contribution in [0.3, 0.4) is 0 Å². The van der Waals surface area contributed by atoms with Gasteiger partial charge in [0.15, 0.2) is 0 Å². The van der Waals surface area contributed by atoms with Gasteiger partial charge in [-0.05, 0) is 31.4 Å². The fraction of sp³-hybridized carbons (Fsp3) is 0.647. The lowest BCUT2D eigenvalue weighted by atomic mass is 10.1. The van der Waals surface area contributed by atoms with Crippen LogP contribution >= 0.6 is 0 Å². The van der Waals surface area contributed by atoms with Gasteiger partial charge in [0.1, 0.15) is 0 Å². The van der Waals surface area contributed by atoms with Crippen molar-refractivity contribution in [2.45, 2.75) is 49.8 Å². The van der Waals surface area contributed by atoms with E-state index in [0.717, 1.165) is 18.6 Å². The molecule has 1 N–H and O–H groups in total. The van der Waals surface area contributed by atoms with E-state index in [1.807, 2.05) is 13.8 Å². The minimum atomic E-state index is -5.62. The van der Waals surface area contributed by atoms with Gasteiger partial charge in [-0.15, -0.1) is 4.31 Å². The van der Waals surface area contributed by atoms with Crippen molar-refractivity contribution in [2.24, 2.45) is 5.92 Å². The summed E-state index contributed by atoms with van der Waals surface area (Å²) in [6, 6.07) is 2.63. The molecule has 1 aliphatic rings. The second kappa shape index (κ2) is 8.40. The molecule has 1 aliphatic heterocycles. The van der Waals surface area contributed by atoms with Gasteiger partial charge in [-0.2, -0.15) is 26.3 Å². The number of rotatable bonds is 6. The summed E-state index contributed by atoms with van der Waals surface area (Å²) in [7, 11) is -5.62. The van der Waals surface area contributed by atoms with Gasteiger partial charge in [-0.3, -0.25) is 4.90 Å². The lowest BCUT2D eigenvalue weighted by Gasteiger charge is -2.30. The first kappa shape index (κ1) is 23.9. The van der Waals surface area contributed by atoms with E-state index < -0.39 is 49.9 Å². The van der Waals surface area contributed by atoms with Crippen LogP contribution in [0.4, 0.5) is 26.3 Å². The number of aliphatic hydroxyl groups is 1. The predicted octanol–water partition coefficient (Wildman–Crippen LogP) is 3.31. The highest BCUT2D eigenvalue weighted by Gasteiger charge is 2.49. The molecule has 0 bridgehead atoms. The van der Waals surface area contributed by atoms with Gasteiger partial charge in [0, 0.05) is 25.7 Å². The van der Waals surface area contributed by atoms with Crippen molar-refractivity contribution in [2.75, 3.05) is 19.6 Å². The van der Waals surface area contributed by atoms with Gasteiger partial charge in [0.05, 0.1) is 16.6 Å². The van der Waals surface area contributed by atoms with E-state index in [1.165, 1.54) is 0 Å². The van der Waals surface area contributed by atoms with Crippen LogP contribution < -0.4 is 0 Å². The van der Waals surface area contributed by atoms with Crippen LogP contribution in [0.2, 0.25) is 0 Å². The lowest BCUT2D eigenvalue weighted by Crippen LogP contribution is -2.49. The molecule has 0 aromatic heterocycles. The third-order valence-corrected chi connectivity index (χ3v) is 6.63. The predicted molar refractivity (Wildman–Crippen MR) is 92.2 cm³/mol. The summed E-state index contributed by atoms with van der Waals surface area (Å²) in [6.07, 6.45) is -11.6. The van der Waals surface area contributed by atoms with Crippen molar-refractivity contribution in [1.82, 2.24) is 9.21 Å². The van der Waals surface area contributed by atoms with Crippen LogP contribution in [0.1, 0.15) is 25.8 Å². The summed E-state index contributed by atoms with van der Waals surface area (Å²) in [5, 5.41) is 10.1. The number of hydrogen-bond donors (Lipinski definition) is 1. The molecule has 0 radical (unpaired) electrons. The van der Waals surface area contributed by atoms with Crippen molar-refractivity contribution in [3.8, 4) is 0 Å². The molecular formula is C17H22F6N2O3S. The Morgan fingerprint density at radius 2 is 1.76 bits per heavy atom. The number of aliphatic hydroxyl groups excluding tert-OH is 1. The molecule has 5 nitrogen and oxygen atoms in total. The SMILES string of the molecule is CC1CC(C)N(C[C@@H](O)CN(C(F)(F)F)S(=O)(=O)c2ccccc2C(F)(F)F)C1. The van der Waals surface area contributed by atoms with Crippen LogP contribution in [0.15, 0.2) is 29.2 Å². The number of β-amino-alcohol motifs (C(OH)–C–C–N with tert-alkyl or cyclic N) is 1. The standard InChI is InChI=1S/C17H22F6N2O3S/c1-11-7-12(2)24(8-11)9-13(26)10-25(17(21,22)23)29(27,28)15-6-4-3-5-14(15)16(18,19)20/h3-6,11-13,26H,7-10H2,1-2H3/t11?,12?,13-/m1/s1. The van der Waals surface area contributed by atoms with Crippen LogP contribution in [0.5, 0.6) is 0 Å². The Labute approximate surface area is 165 Å². The highest BCUT2D eigenvalue weighted by molar-refractivity contribution is 7.89. The monoisotopic (exact) mass is 448 g/mol. The molecule has 0 aliphatic carbocycles. The number of nitrogens with zero attached hydrogens (tertiary/aromatic N) is 2. The number of hydrogen-bond acceptors (Lipinski definition) is 4. The number of alkyl halides is 6. The minimum absolute atomic E-state index is 0.0125. The highest BCUT2D eigenvalue weighted by atomic mass is 32.2. The molecule has 1 saturated heterocycles.